The summed E-state index contributed by atoms with van der Waals surface area (Å²) in [4.78, 5) is 11.5. The van der Waals surface area contributed by atoms with Crippen molar-refractivity contribution in [3.05, 3.63) is 65.5 Å². The summed E-state index contributed by atoms with van der Waals surface area (Å²) < 4.78 is 55.2. The molecule has 2 aromatic carbocycles. The Hall–Kier alpha value is -2.90. The Morgan fingerprint density at radius 3 is 2.50 bits per heavy atom. The molecule has 8 heteroatoms. The minimum absolute atomic E-state index is 0.192. The van der Waals surface area contributed by atoms with Gasteiger partial charge in [-0.1, -0.05) is 18.2 Å². The maximum absolute atomic E-state index is 12.9. The van der Waals surface area contributed by atoms with E-state index < -0.39 is 23.5 Å². The molecule has 0 bridgehead atoms. The number of hydrogen-bond acceptors (Lipinski definition) is 3. The molecular weight excluding hydrogens is 328 g/mol. The second kappa shape index (κ2) is 7.58. The monoisotopic (exact) mass is 340 g/mol. The molecule has 1 N–H and O–H groups in total. The van der Waals surface area contributed by atoms with Crippen molar-refractivity contribution in [2.24, 2.45) is 5.10 Å². The summed E-state index contributed by atoms with van der Waals surface area (Å²) in [7, 11) is 0. The SMILES string of the molecule is O=C(COc1cccc(F)c1)N/N=C\c1ccc(C(F)(F)F)cc1. The first kappa shape index (κ1) is 17.5. The van der Waals surface area contributed by atoms with Gasteiger partial charge in [0.05, 0.1) is 11.8 Å². The first-order valence-corrected chi connectivity index (χ1v) is 6.72. The van der Waals surface area contributed by atoms with Gasteiger partial charge in [-0.05, 0) is 29.8 Å². The topological polar surface area (TPSA) is 50.7 Å². The van der Waals surface area contributed by atoms with Crippen molar-refractivity contribution in [1.29, 1.82) is 0 Å². The fraction of sp³-hybridized carbons (Fsp3) is 0.125. The van der Waals surface area contributed by atoms with Crippen LogP contribution in [0, 0.1) is 5.82 Å². The van der Waals surface area contributed by atoms with Crippen LogP contribution in [0.2, 0.25) is 0 Å². The van der Waals surface area contributed by atoms with Crippen molar-refractivity contribution in [3.63, 3.8) is 0 Å². The van der Waals surface area contributed by atoms with Crippen LogP contribution < -0.4 is 10.2 Å². The minimum Gasteiger partial charge on any atom is -0.484 e. The summed E-state index contributed by atoms with van der Waals surface area (Å²) in [6.07, 6.45) is -3.21. The lowest BCUT2D eigenvalue weighted by Crippen LogP contribution is -2.24. The van der Waals surface area contributed by atoms with Gasteiger partial charge in [-0.15, -0.1) is 0 Å². The van der Waals surface area contributed by atoms with Crippen LogP contribution in [0.3, 0.4) is 0 Å². The van der Waals surface area contributed by atoms with Crippen LogP contribution in [0.5, 0.6) is 5.75 Å². The molecule has 0 unspecified atom stereocenters. The molecule has 24 heavy (non-hydrogen) atoms. The van der Waals surface area contributed by atoms with E-state index in [1.165, 1.54) is 36.5 Å². The highest BCUT2D eigenvalue weighted by Gasteiger charge is 2.29. The third-order valence-electron chi connectivity index (χ3n) is 2.81. The summed E-state index contributed by atoms with van der Waals surface area (Å²) >= 11 is 0. The van der Waals surface area contributed by atoms with Gasteiger partial charge < -0.3 is 4.74 Å². The zero-order valence-electron chi connectivity index (χ0n) is 12.2. The highest BCUT2D eigenvalue weighted by atomic mass is 19.4. The van der Waals surface area contributed by atoms with Crippen LogP contribution in [-0.4, -0.2) is 18.7 Å². The standard InChI is InChI=1S/C16H12F4N2O2/c17-13-2-1-3-14(8-13)24-10-15(23)22-21-9-11-4-6-12(7-5-11)16(18,19)20/h1-9H,10H2,(H,22,23)/b21-9-. The zero-order valence-corrected chi connectivity index (χ0v) is 12.2. The molecule has 2 rings (SSSR count). The van der Waals surface area contributed by atoms with Crippen molar-refractivity contribution < 1.29 is 27.1 Å². The average molecular weight is 340 g/mol. The normalized spacial score (nSPS) is 11.5. The number of amides is 1. The summed E-state index contributed by atoms with van der Waals surface area (Å²) in [6, 6.07) is 9.56. The lowest BCUT2D eigenvalue weighted by atomic mass is 10.1. The molecule has 2 aromatic rings. The first-order valence-electron chi connectivity index (χ1n) is 6.72. The number of nitrogens with one attached hydrogen (secondary N) is 1. The molecule has 0 spiro atoms. The van der Waals surface area contributed by atoms with Gasteiger partial charge in [0.1, 0.15) is 11.6 Å². The Labute approximate surface area is 134 Å². The Morgan fingerprint density at radius 2 is 1.88 bits per heavy atom. The fourth-order valence-electron chi connectivity index (χ4n) is 1.67. The largest absolute Gasteiger partial charge is 0.484 e. The number of rotatable bonds is 5. The van der Waals surface area contributed by atoms with Crippen molar-refractivity contribution in [2.75, 3.05) is 6.61 Å². The van der Waals surface area contributed by atoms with E-state index in [1.807, 2.05) is 0 Å². The Balaban J connectivity index is 1.81. The Kier molecular flexibility index (Phi) is 5.51. The first-order chi connectivity index (χ1) is 11.3. The molecule has 1 amide bonds. The molecule has 0 fully saturated rings. The Bertz CT molecular complexity index is 728. The highest BCUT2D eigenvalue weighted by molar-refractivity contribution is 5.82. The quantitative estimate of drug-likeness (QED) is 0.515. The summed E-state index contributed by atoms with van der Waals surface area (Å²) in [5.41, 5.74) is 1.76. The number of hydrazone groups is 1. The van der Waals surface area contributed by atoms with Gasteiger partial charge >= 0.3 is 6.18 Å². The lowest BCUT2D eigenvalue weighted by Gasteiger charge is -2.06. The van der Waals surface area contributed by atoms with Gasteiger partial charge in [-0.2, -0.15) is 18.3 Å². The molecule has 0 aliphatic heterocycles. The van der Waals surface area contributed by atoms with Gasteiger partial charge in [0.2, 0.25) is 0 Å². The molecule has 0 aliphatic rings. The van der Waals surface area contributed by atoms with Gasteiger partial charge in [0.15, 0.2) is 6.61 Å². The number of alkyl halides is 3. The summed E-state index contributed by atoms with van der Waals surface area (Å²) in [5.74, 6) is -0.896. The van der Waals surface area contributed by atoms with Crippen LogP contribution in [0.1, 0.15) is 11.1 Å². The van der Waals surface area contributed by atoms with E-state index >= 15 is 0 Å². The highest BCUT2D eigenvalue weighted by Crippen LogP contribution is 2.28. The van der Waals surface area contributed by atoms with E-state index in [2.05, 4.69) is 10.5 Å². The molecule has 4 nitrogen and oxygen atoms in total. The molecule has 0 heterocycles. The second-order valence-corrected chi connectivity index (χ2v) is 4.66. The van der Waals surface area contributed by atoms with E-state index in [9.17, 15) is 22.4 Å². The second-order valence-electron chi connectivity index (χ2n) is 4.66. The molecule has 0 aromatic heterocycles. The fourth-order valence-corrected chi connectivity index (χ4v) is 1.67. The van der Waals surface area contributed by atoms with E-state index in [0.29, 0.717) is 5.56 Å². The van der Waals surface area contributed by atoms with Crippen LogP contribution in [0.4, 0.5) is 17.6 Å². The van der Waals surface area contributed by atoms with Crippen molar-refractivity contribution in [1.82, 2.24) is 5.43 Å². The number of halogens is 4. The minimum atomic E-state index is -4.40. The van der Waals surface area contributed by atoms with Crippen LogP contribution in [0.25, 0.3) is 0 Å². The predicted octanol–water partition coefficient (Wildman–Crippen LogP) is 3.37. The van der Waals surface area contributed by atoms with E-state index in [1.54, 1.807) is 0 Å². The van der Waals surface area contributed by atoms with Crippen LogP contribution in [-0.2, 0) is 11.0 Å². The number of ether oxygens (including phenoxy) is 1. The van der Waals surface area contributed by atoms with E-state index in [-0.39, 0.29) is 12.4 Å². The van der Waals surface area contributed by atoms with Crippen LogP contribution >= 0.6 is 0 Å². The van der Waals surface area contributed by atoms with Crippen LogP contribution in [0.15, 0.2) is 53.6 Å². The lowest BCUT2D eigenvalue weighted by molar-refractivity contribution is -0.137. The summed E-state index contributed by atoms with van der Waals surface area (Å²) in [6.45, 7) is -0.381. The third kappa shape index (κ3) is 5.38. The summed E-state index contributed by atoms with van der Waals surface area (Å²) in [5, 5.41) is 3.60. The molecule has 126 valence electrons. The zero-order chi connectivity index (χ0) is 17.6. The number of carbonyl (C=O) groups is 1. The maximum Gasteiger partial charge on any atom is 0.416 e. The van der Waals surface area contributed by atoms with E-state index in [4.69, 9.17) is 4.74 Å². The number of nitrogens with zero attached hydrogens (tertiary/aromatic N) is 1. The molecule has 0 saturated carbocycles. The molecule has 0 radical (unpaired) electrons. The van der Waals surface area contributed by atoms with Gasteiger partial charge in [0, 0.05) is 6.07 Å². The maximum atomic E-state index is 12.9. The number of carbonyl (C=O) groups excluding carboxylic acids is 1. The molecule has 0 atom stereocenters. The molecule has 0 saturated heterocycles. The van der Waals surface area contributed by atoms with E-state index in [0.717, 1.165) is 18.2 Å². The smallest absolute Gasteiger partial charge is 0.416 e. The number of hydrogen-bond donors (Lipinski definition) is 1. The number of benzene rings is 2. The predicted molar refractivity (Wildman–Crippen MR) is 79.1 cm³/mol. The molecular formula is C16H12F4N2O2. The Morgan fingerprint density at radius 1 is 1.17 bits per heavy atom. The third-order valence-corrected chi connectivity index (χ3v) is 2.81. The van der Waals surface area contributed by atoms with Crippen molar-refractivity contribution in [2.45, 2.75) is 6.18 Å². The average Bonchev–Trinajstić information content (AvgIpc) is 2.53. The van der Waals surface area contributed by atoms with Gasteiger partial charge in [0.25, 0.3) is 5.91 Å². The van der Waals surface area contributed by atoms with Crippen molar-refractivity contribution in [3.8, 4) is 5.75 Å². The van der Waals surface area contributed by atoms with Gasteiger partial charge in [-0.3, -0.25) is 4.79 Å². The van der Waals surface area contributed by atoms with Crippen molar-refractivity contribution >= 4 is 12.1 Å². The van der Waals surface area contributed by atoms with Gasteiger partial charge in [-0.25, -0.2) is 9.82 Å². The molecule has 0 aliphatic carbocycles.